The Kier molecular flexibility index (Phi) is 6.05. The molecule has 1 aliphatic rings. The highest BCUT2D eigenvalue weighted by Crippen LogP contribution is 2.37. The SMILES string of the molecule is CC(C)(C)OC(=O)CCCc1c(F)ccc2cccc(B3OC(C)(C)C(C)(C)O3)c12. The van der Waals surface area contributed by atoms with Crippen molar-refractivity contribution < 1.29 is 23.2 Å². The molecule has 0 aromatic heterocycles. The molecule has 0 aliphatic carbocycles. The summed E-state index contributed by atoms with van der Waals surface area (Å²) in [7, 11) is -0.579. The number of halogens is 1. The summed E-state index contributed by atoms with van der Waals surface area (Å²) in [6, 6.07) is 9.09. The Labute approximate surface area is 179 Å². The first kappa shape index (κ1) is 22.8. The van der Waals surface area contributed by atoms with Crippen LogP contribution in [0.2, 0.25) is 0 Å². The first-order valence-electron chi connectivity index (χ1n) is 10.6. The average molecular weight is 414 g/mol. The van der Waals surface area contributed by atoms with Gasteiger partial charge in [0.05, 0.1) is 11.2 Å². The zero-order chi connectivity index (χ0) is 22.3. The predicted octanol–water partition coefficient (Wildman–Crippen LogP) is 4.94. The molecule has 4 nitrogen and oxygen atoms in total. The molecule has 1 fully saturated rings. The molecule has 0 atom stereocenters. The van der Waals surface area contributed by atoms with Crippen molar-refractivity contribution in [3.63, 3.8) is 0 Å². The molecule has 0 bridgehead atoms. The Morgan fingerprint density at radius 3 is 2.30 bits per heavy atom. The molecule has 3 rings (SSSR count). The van der Waals surface area contributed by atoms with E-state index < -0.39 is 23.9 Å². The van der Waals surface area contributed by atoms with Gasteiger partial charge in [0, 0.05) is 6.42 Å². The topological polar surface area (TPSA) is 44.8 Å². The fourth-order valence-corrected chi connectivity index (χ4v) is 3.67. The molecular weight excluding hydrogens is 382 g/mol. The quantitative estimate of drug-likeness (QED) is 0.514. The Morgan fingerprint density at radius 1 is 1.07 bits per heavy atom. The van der Waals surface area contributed by atoms with Gasteiger partial charge in [0.15, 0.2) is 0 Å². The van der Waals surface area contributed by atoms with Crippen LogP contribution in [0.25, 0.3) is 10.8 Å². The van der Waals surface area contributed by atoms with E-state index in [-0.39, 0.29) is 18.2 Å². The number of aryl methyl sites for hydroxylation is 1. The van der Waals surface area contributed by atoms with Crippen LogP contribution >= 0.6 is 0 Å². The highest BCUT2D eigenvalue weighted by atomic mass is 19.1. The molecule has 0 saturated carbocycles. The number of rotatable bonds is 5. The Balaban J connectivity index is 1.90. The fourth-order valence-electron chi connectivity index (χ4n) is 3.67. The summed E-state index contributed by atoms with van der Waals surface area (Å²) in [6.07, 6.45) is 1.17. The molecule has 162 valence electrons. The molecule has 0 spiro atoms. The molecule has 1 heterocycles. The van der Waals surface area contributed by atoms with Gasteiger partial charge in [0.25, 0.3) is 0 Å². The lowest BCUT2D eigenvalue weighted by molar-refractivity contribution is -0.154. The van der Waals surface area contributed by atoms with E-state index in [0.717, 1.165) is 16.2 Å². The molecule has 2 aromatic rings. The van der Waals surface area contributed by atoms with Gasteiger partial charge in [-0.3, -0.25) is 4.79 Å². The van der Waals surface area contributed by atoms with E-state index in [4.69, 9.17) is 14.0 Å². The maximum absolute atomic E-state index is 14.9. The maximum atomic E-state index is 14.9. The number of hydrogen-bond acceptors (Lipinski definition) is 4. The van der Waals surface area contributed by atoms with E-state index in [9.17, 15) is 9.18 Å². The van der Waals surface area contributed by atoms with Gasteiger partial charge in [-0.05, 0) is 89.2 Å². The highest BCUT2D eigenvalue weighted by Gasteiger charge is 2.52. The second-order valence-corrected chi connectivity index (χ2v) is 10.00. The van der Waals surface area contributed by atoms with Crippen molar-refractivity contribution in [3.05, 3.63) is 41.7 Å². The lowest BCUT2D eigenvalue weighted by Crippen LogP contribution is -2.41. The van der Waals surface area contributed by atoms with Crippen molar-refractivity contribution >= 4 is 29.3 Å². The number of carbonyl (C=O) groups is 1. The summed E-state index contributed by atoms with van der Waals surface area (Å²) >= 11 is 0. The lowest BCUT2D eigenvalue weighted by Gasteiger charge is -2.32. The number of esters is 1. The summed E-state index contributed by atoms with van der Waals surface area (Å²) in [5, 5.41) is 1.73. The van der Waals surface area contributed by atoms with Gasteiger partial charge in [0.1, 0.15) is 11.4 Å². The molecule has 0 amide bonds. The standard InChI is InChI=1S/C24H32BFO4/c1-22(2,3)28-20(27)13-9-11-17-19(26)15-14-16-10-8-12-18(21(16)17)25-29-23(4,5)24(6,7)30-25/h8,10,12,14-15H,9,11,13H2,1-7H3. The number of benzene rings is 2. The van der Waals surface area contributed by atoms with Gasteiger partial charge < -0.3 is 14.0 Å². The van der Waals surface area contributed by atoms with Gasteiger partial charge in [-0.1, -0.05) is 24.3 Å². The van der Waals surface area contributed by atoms with Crippen LogP contribution in [0, 0.1) is 5.82 Å². The minimum Gasteiger partial charge on any atom is -0.460 e. The van der Waals surface area contributed by atoms with E-state index in [1.54, 1.807) is 6.07 Å². The number of carbonyl (C=O) groups excluding carboxylic acids is 1. The Hall–Kier alpha value is -1.92. The normalized spacial score (nSPS) is 18.1. The maximum Gasteiger partial charge on any atom is 0.495 e. The molecule has 2 aromatic carbocycles. The third kappa shape index (κ3) is 4.70. The average Bonchev–Trinajstić information content (AvgIpc) is 2.82. The van der Waals surface area contributed by atoms with E-state index >= 15 is 0 Å². The summed E-state index contributed by atoms with van der Waals surface area (Å²) in [5.41, 5.74) is -0.0842. The summed E-state index contributed by atoms with van der Waals surface area (Å²) in [6.45, 7) is 13.5. The zero-order valence-electron chi connectivity index (χ0n) is 19.1. The van der Waals surface area contributed by atoms with Gasteiger partial charge in [0.2, 0.25) is 0 Å². The molecule has 0 unspecified atom stereocenters. The van der Waals surface area contributed by atoms with Crippen LogP contribution in [-0.4, -0.2) is 29.9 Å². The zero-order valence-corrected chi connectivity index (χ0v) is 19.1. The van der Waals surface area contributed by atoms with Crippen LogP contribution in [0.15, 0.2) is 30.3 Å². The van der Waals surface area contributed by atoms with Crippen molar-refractivity contribution in [2.75, 3.05) is 0 Å². The minimum atomic E-state index is -0.579. The van der Waals surface area contributed by atoms with Crippen LogP contribution in [0.5, 0.6) is 0 Å². The largest absolute Gasteiger partial charge is 0.495 e. The van der Waals surface area contributed by atoms with Crippen molar-refractivity contribution in [3.8, 4) is 0 Å². The Morgan fingerprint density at radius 2 is 1.70 bits per heavy atom. The van der Waals surface area contributed by atoms with Crippen LogP contribution in [0.4, 0.5) is 4.39 Å². The van der Waals surface area contributed by atoms with Crippen molar-refractivity contribution in [2.45, 2.75) is 84.5 Å². The van der Waals surface area contributed by atoms with Crippen LogP contribution in [0.1, 0.15) is 66.9 Å². The molecule has 0 radical (unpaired) electrons. The van der Waals surface area contributed by atoms with Crippen molar-refractivity contribution in [2.24, 2.45) is 0 Å². The third-order valence-corrected chi connectivity index (χ3v) is 5.86. The van der Waals surface area contributed by atoms with E-state index in [2.05, 4.69) is 0 Å². The second-order valence-electron chi connectivity index (χ2n) is 10.00. The van der Waals surface area contributed by atoms with Crippen molar-refractivity contribution in [1.29, 1.82) is 0 Å². The smallest absolute Gasteiger partial charge is 0.460 e. The summed E-state index contributed by atoms with van der Waals surface area (Å²) in [5.74, 6) is -0.551. The Bertz CT molecular complexity index is 930. The molecule has 0 N–H and O–H groups in total. The van der Waals surface area contributed by atoms with Gasteiger partial charge in [-0.25, -0.2) is 4.39 Å². The van der Waals surface area contributed by atoms with Crippen molar-refractivity contribution in [1.82, 2.24) is 0 Å². The lowest BCUT2D eigenvalue weighted by atomic mass is 9.74. The number of fused-ring (bicyclic) bond motifs is 1. The van der Waals surface area contributed by atoms with Crippen LogP contribution in [-0.2, 0) is 25.3 Å². The molecule has 30 heavy (non-hydrogen) atoms. The molecule has 1 saturated heterocycles. The van der Waals surface area contributed by atoms with E-state index in [1.165, 1.54) is 6.07 Å². The van der Waals surface area contributed by atoms with Gasteiger partial charge >= 0.3 is 13.1 Å². The highest BCUT2D eigenvalue weighted by molar-refractivity contribution is 6.65. The monoisotopic (exact) mass is 414 g/mol. The second kappa shape index (κ2) is 7.97. The summed E-state index contributed by atoms with van der Waals surface area (Å²) in [4.78, 5) is 12.1. The minimum absolute atomic E-state index is 0.242. The summed E-state index contributed by atoms with van der Waals surface area (Å²) < 4.78 is 32.7. The molecular formula is C24H32BFO4. The molecule has 6 heteroatoms. The van der Waals surface area contributed by atoms with E-state index in [1.807, 2.05) is 66.7 Å². The number of hydrogen-bond donors (Lipinski definition) is 0. The third-order valence-electron chi connectivity index (χ3n) is 5.86. The fraction of sp³-hybridized carbons (Fsp3) is 0.542. The predicted molar refractivity (Wildman–Crippen MR) is 118 cm³/mol. The number of ether oxygens (including phenoxy) is 1. The first-order valence-corrected chi connectivity index (χ1v) is 10.6. The van der Waals surface area contributed by atoms with Gasteiger partial charge in [-0.15, -0.1) is 0 Å². The van der Waals surface area contributed by atoms with E-state index in [0.29, 0.717) is 18.4 Å². The molecule has 1 aliphatic heterocycles. The van der Waals surface area contributed by atoms with Crippen LogP contribution in [0.3, 0.4) is 0 Å². The first-order chi connectivity index (χ1) is 13.8. The van der Waals surface area contributed by atoms with Crippen LogP contribution < -0.4 is 5.46 Å². The van der Waals surface area contributed by atoms with Gasteiger partial charge in [-0.2, -0.15) is 0 Å².